The summed E-state index contributed by atoms with van der Waals surface area (Å²) in [5, 5.41) is 15.3. The molecule has 0 aliphatic carbocycles. The van der Waals surface area contributed by atoms with Gasteiger partial charge in [-0.25, -0.2) is 0 Å². The minimum absolute atomic E-state index is 0.0107. The molecule has 3 rings (SSSR count). The number of nitro groups is 1. The first kappa shape index (κ1) is 20.0. The monoisotopic (exact) mass is 390 g/mol. The normalized spacial score (nSPS) is 12.1. The third-order valence-electron chi connectivity index (χ3n) is 4.75. The van der Waals surface area contributed by atoms with Gasteiger partial charge in [-0.1, -0.05) is 42.5 Å². The zero-order valence-electron chi connectivity index (χ0n) is 16.3. The number of likely N-dealkylation sites (N-methyl/N-ethyl adjacent to an activating group) is 1. The van der Waals surface area contributed by atoms with Gasteiger partial charge in [-0.15, -0.1) is 0 Å². The lowest BCUT2D eigenvalue weighted by atomic mass is 10.1. The minimum atomic E-state index is -0.439. The molecular weight excluding hydrogens is 368 g/mol. The van der Waals surface area contributed by atoms with Gasteiger partial charge in [0.1, 0.15) is 0 Å². The highest BCUT2D eigenvalue weighted by atomic mass is 16.6. The smallest absolute Gasteiger partial charge is 0.269 e. The van der Waals surface area contributed by atoms with Crippen LogP contribution in [0.4, 0.5) is 5.69 Å². The molecular formula is C22H22N4O3. The molecule has 0 saturated carbocycles. The van der Waals surface area contributed by atoms with Crippen LogP contribution >= 0.6 is 0 Å². The predicted octanol–water partition coefficient (Wildman–Crippen LogP) is 4.07. The Labute approximate surface area is 169 Å². The summed E-state index contributed by atoms with van der Waals surface area (Å²) < 4.78 is 1.81. The Morgan fingerprint density at radius 1 is 1.24 bits per heavy atom. The van der Waals surface area contributed by atoms with E-state index in [1.54, 1.807) is 36.4 Å². The number of rotatable bonds is 7. The van der Waals surface area contributed by atoms with Gasteiger partial charge in [0.05, 0.1) is 23.7 Å². The molecule has 7 nitrogen and oxygen atoms in total. The number of nitro benzene ring substituents is 1. The van der Waals surface area contributed by atoms with Crippen LogP contribution in [-0.2, 0) is 11.3 Å². The van der Waals surface area contributed by atoms with Gasteiger partial charge in [-0.2, -0.15) is 5.10 Å². The van der Waals surface area contributed by atoms with E-state index in [1.165, 1.54) is 18.2 Å². The summed E-state index contributed by atoms with van der Waals surface area (Å²) in [6.45, 7) is 2.50. The Balaban J connectivity index is 1.64. The molecule has 29 heavy (non-hydrogen) atoms. The van der Waals surface area contributed by atoms with Gasteiger partial charge in [0.25, 0.3) is 5.69 Å². The van der Waals surface area contributed by atoms with E-state index >= 15 is 0 Å². The highest BCUT2D eigenvalue weighted by Crippen LogP contribution is 2.23. The lowest BCUT2D eigenvalue weighted by Gasteiger charge is -2.24. The lowest BCUT2D eigenvalue weighted by Crippen LogP contribution is -2.28. The first-order chi connectivity index (χ1) is 13.9. The first-order valence-corrected chi connectivity index (χ1v) is 9.19. The number of carbonyl (C=O) groups is 1. The van der Waals surface area contributed by atoms with Crippen molar-refractivity contribution in [1.29, 1.82) is 0 Å². The van der Waals surface area contributed by atoms with Gasteiger partial charge in [-0.3, -0.25) is 19.6 Å². The van der Waals surface area contributed by atoms with Crippen molar-refractivity contribution in [2.45, 2.75) is 19.5 Å². The minimum Gasteiger partial charge on any atom is -0.335 e. The van der Waals surface area contributed by atoms with Crippen molar-refractivity contribution in [2.24, 2.45) is 0 Å². The third-order valence-corrected chi connectivity index (χ3v) is 4.75. The van der Waals surface area contributed by atoms with Crippen molar-refractivity contribution in [3.05, 3.63) is 99.9 Å². The number of nitrogens with zero attached hydrogens (tertiary/aromatic N) is 4. The summed E-state index contributed by atoms with van der Waals surface area (Å²) in [4.78, 5) is 24.6. The average Bonchev–Trinajstić information content (AvgIpc) is 3.19. The van der Waals surface area contributed by atoms with Crippen LogP contribution in [0.5, 0.6) is 0 Å². The molecule has 0 saturated heterocycles. The van der Waals surface area contributed by atoms with Crippen molar-refractivity contribution in [2.75, 3.05) is 7.05 Å². The van der Waals surface area contributed by atoms with Crippen LogP contribution in [0.2, 0.25) is 0 Å². The Kier molecular flexibility index (Phi) is 6.19. The zero-order valence-corrected chi connectivity index (χ0v) is 16.3. The summed E-state index contributed by atoms with van der Waals surface area (Å²) in [6.07, 6.45) is 6.78. The Morgan fingerprint density at radius 2 is 2.00 bits per heavy atom. The maximum atomic E-state index is 12.5. The van der Waals surface area contributed by atoms with Gasteiger partial charge in [0, 0.05) is 37.0 Å². The molecule has 0 bridgehead atoms. The third kappa shape index (κ3) is 5.16. The molecule has 7 heteroatoms. The SMILES string of the molecule is C[C@@H](c1cccc([N+](=O)[O-])c1)N(C)C(=O)/C=C/c1cnn(Cc2ccccc2)c1. The molecule has 1 heterocycles. The predicted molar refractivity (Wildman–Crippen MR) is 111 cm³/mol. The number of hydrogen-bond donors (Lipinski definition) is 0. The van der Waals surface area contributed by atoms with Crippen molar-refractivity contribution in [3.8, 4) is 0 Å². The maximum Gasteiger partial charge on any atom is 0.269 e. The van der Waals surface area contributed by atoms with Crippen LogP contribution < -0.4 is 0 Å². The van der Waals surface area contributed by atoms with Crippen LogP contribution in [-0.4, -0.2) is 32.6 Å². The van der Waals surface area contributed by atoms with Crippen LogP contribution in [0.25, 0.3) is 6.08 Å². The van der Waals surface area contributed by atoms with E-state index in [1.807, 2.05) is 48.1 Å². The maximum absolute atomic E-state index is 12.5. The molecule has 1 amide bonds. The molecule has 0 fully saturated rings. The highest BCUT2D eigenvalue weighted by molar-refractivity contribution is 5.91. The molecule has 0 unspecified atom stereocenters. The van der Waals surface area contributed by atoms with Gasteiger partial charge in [0.2, 0.25) is 5.91 Å². The van der Waals surface area contributed by atoms with Crippen molar-refractivity contribution >= 4 is 17.7 Å². The molecule has 0 radical (unpaired) electrons. The van der Waals surface area contributed by atoms with Crippen LogP contribution in [0.15, 0.2) is 73.1 Å². The van der Waals surface area contributed by atoms with Gasteiger partial charge in [0.15, 0.2) is 0 Å². The molecule has 0 spiro atoms. The van der Waals surface area contributed by atoms with E-state index in [0.29, 0.717) is 12.1 Å². The standard InChI is InChI=1S/C22H22N4O3/c1-17(20-9-6-10-21(13-20)26(28)29)24(2)22(27)12-11-19-14-23-25(16-19)15-18-7-4-3-5-8-18/h3-14,16-17H,15H2,1-2H3/b12-11+/t17-/m0/s1. The largest absolute Gasteiger partial charge is 0.335 e. The van der Waals surface area contributed by atoms with E-state index in [0.717, 1.165) is 11.1 Å². The summed E-state index contributed by atoms with van der Waals surface area (Å²) in [5.74, 6) is -0.195. The Hall–Kier alpha value is -3.74. The van der Waals surface area contributed by atoms with E-state index in [-0.39, 0.29) is 17.6 Å². The Morgan fingerprint density at radius 3 is 2.72 bits per heavy atom. The fourth-order valence-corrected chi connectivity index (χ4v) is 2.92. The molecule has 0 aliphatic rings. The molecule has 1 aromatic heterocycles. The average molecular weight is 390 g/mol. The molecule has 2 aromatic carbocycles. The van der Waals surface area contributed by atoms with Crippen molar-refractivity contribution in [3.63, 3.8) is 0 Å². The molecule has 1 atom stereocenters. The van der Waals surface area contributed by atoms with Gasteiger partial charge < -0.3 is 4.90 Å². The fourth-order valence-electron chi connectivity index (χ4n) is 2.92. The van der Waals surface area contributed by atoms with E-state index in [2.05, 4.69) is 5.10 Å². The summed E-state index contributed by atoms with van der Waals surface area (Å²) in [5.41, 5.74) is 2.69. The Bertz CT molecular complexity index is 1030. The summed E-state index contributed by atoms with van der Waals surface area (Å²) in [6, 6.07) is 16.0. The van der Waals surface area contributed by atoms with Crippen molar-refractivity contribution < 1.29 is 9.72 Å². The molecule has 3 aromatic rings. The number of benzene rings is 2. The van der Waals surface area contributed by atoms with E-state index in [9.17, 15) is 14.9 Å². The topological polar surface area (TPSA) is 81.3 Å². The van der Waals surface area contributed by atoms with E-state index in [4.69, 9.17) is 0 Å². The fraction of sp³-hybridized carbons (Fsp3) is 0.182. The van der Waals surface area contributed by atoms with Crippen LogP contribution in [0.3, 0.4) is 0 Å². The zero-order chi connectivity index (χ0) is 20.8. The summed E-state index contributed by atoms with van der Waals surface area (Å²) in [7, 11) is 1.68. The highest BCUT2D eigenvalue weighted by Gasteiger charge is 2.17. The lowest BCUT2D eigenvalue weighted by molar-refractivity contribution is -0.384. The first-order valence-electron chi connectivity index (χ1n) is 9.19. The second-order valence-corrected chi connectivity index (χ2v) is 6.77. The van der Waals surface area contributed by atoms with Crippen LogP contribution in [0.1, 0.15) is 29.7 Å². The second-order valence-electron chi connectivity index (χ2n) is 6.77. The number of carbonyl (C=O) groups excluding carboxylic acids is 1. The van der Waals surface area contributed by atoms with Gasteiger partial charge in [-0.05, 0) is 24.1 Å². The number of hydrogen-bond acceptors (Lipinski definition) is 4. The second kappa shape index (κ2) is 8.97. The molecule has 0 aliphatic heterocycles. The molecule has 0 N–H and O–H groups in total. The van der Waals surface area contributed by atoms with Crippen LogP contribution in [0, 0.1) is 10.1 Å². The number of aromatic nitrogens is 2. The number of non-ortho nitro benzene ring substituents is 1. The quantitative estimate of drug-likeness (QED) is 0.346. The van der Waals surface area contributed by atoms with Gasteiger partial charge >= 0.3 is 0 Å². The number of amides is 1. The van der Waals surface area contributed by atoms with Crippen molar-refractivity contribution in [1.82, 2.24) is 14.7 Å². The molecule has 148 valence electrons. The summed E-state index contributed by atoms with van der Waals surface area (Å²) >= 11 is 0. The van der Waals surface area contributed by atoms with E-state index < -0.39 is 4.92 Å².